The third-order valence-corrected chi connectivity index (χ3v) is 3.55. The van der Waals surface area contributed by atoms with E-state index in [9.17, 15) is 14.7 Å². The Balaban J connectivity index is 2.31. The van der Waals surface area contributed by atoms with Crippen LogP contribution in [-0.2, 0) is 11.2 Å². The summed E-state index contributed by atoms with van der Waals surface area (Å²) < 4.78 is 0. The second-order valence-corrected chi connectivity index (χ2v) is 4.88. The number of fused-ring (bicyclic) bond motifs is 1. The SMILES string of the molecule is CC(O)C(=O)N1CCc2cc(C(=O)CBr)ccc21. The number of carbonyl (C=O) groups is 2. The maximum absolute atomic E-state index is 11.8. The molecule has 1 heterocycles. The van der Waals surface area contributed by atoms with Crippen LogP contribution < -0.4 is 4.90 Å². The second-order valence-electron chi connectivity index (χ2n) is 4.32. The van der Waals surface area contributed by atoms with Crippen LogP contribution in [0.2, 0.25) is 0 Å². The number of anilines is 1. The van der Waals surface area contributed by atoms with Gasteiger partial charge in [0.2, 0.25) is 0 Å². The monoisotopic (exact) mass is 311 g/mol. The van der Waals surface area contributed by atoms with Crippen LogP contribution in [0.5, 0.6) is 0 Å². The molecule has 1 aromatic carbocycles. The maximum Gasteiger partial charge on any atom is 0.255 e. The Hall–Kier alpha value is -1.20. The lowest BCUT2D eigenvalue weighted by Crippen LogP contribution is -2.36. The van der Waals surface area contributed by atoms with Crippen molar-refractivity contribution in [1.82, 2.24) is 0 Å². The molecule has 4 nitrogen and oxygen atoms in total. The van der Waals surface area contributed by atoms with Crippen molar-refractivity contribution < 1.29 is 14.7 Å². The zero-order valence-electron chi connectivity index (χ0n) is 10.0. The van der Waals surface area contributed by atoms with Gasteiger partial charge in [0.1, 0.15) is 6.10 Å². The van der Waals surface area contributed by atoms with Gasteiger partial charge in [-0.2, -0.15) is 0 Å². The first kappa shape index (κ1) is 13.2. The predicted octanol–water partition coefficient (Wildman–Crippen LogP) is 1.53. The Morgan fingerprint density at radius 3 is 2.83 bits per heavy atom. The summed E-state index contributed by atoms with van der Waals surface area (Å²) in [6.45, 7) is 2.02. The molecule has 1 aromatic rings. The average molecular weight is 312 g/mol. The van der Waals surface area contributed by atoms with Crippen molar-refractivity contribution in [3.63, 3.8) is 0 Å². The van der Waals surface area contributed by atoms with Crippen LogP contribution in [0.25, 0.3) is 0 Å². The minimum atomic E-state index is -1.00. The molecule has 0 saturated heterocycles. The fraction of sp³-hybridized carbons (Fsp3) is 0.385. The Morgan fingerprint density at radius 2 is 2.22 bits per heavy atom. The molecular formula is C13H14BrNO3. The van der Waals surface area contributed by atoms with E-state index < -0.39 is 6.10 Å². The zero-order valence-corrected chi connectivity index (χ0v) is 11.6. The Kier molecular flexibility index (Phi) is 3.82. The topological polar surface area (TPSA) is 57.6 Å². The van der Waals surface area contributed by atoms with Gasteiger partial charge in [0.25, 0.3) is 5.91 Å². The molecule has 0 spiro atoms. The summed E-state index contributed by atoms with van der Waals surface area (Å²) in [7, 11) is 0. The molecule has 0 aromatic heterocycles. The molecule has 5 heteroatoms. The van der Waals surface area contributed by atoms with Crippen molar-refractivity contribution in [2.24, 2.45) is 0 Å². The lowest BCUT2D eigenvalue weighted by Gasteiger charge is -2.18. The first-order valence-corrected chi connectivity index (χ1v) is 6.88. The van der Waals surface area contributed by atoms with E-state index in [0.29, 0.717) is 17.4 Å². The van der Waals surface area contributed by atoms with Gasteiger partial charge in [-0.15, -0.1) is 0 Å². The zero-order chi connectivity index (χ0) is 13.3. The number of aliphatic hydroxyl groups is 1. The Bertz CT molecular complexity index is 499. The van der Waals surface area contributed by atoms with E-state index in [-0.39, 0.29) is 11.7 Å². The summed E-state index contributed by atoms with van der Waals surface area (Å²) >= 11 is 3.14. The maximum atomic E-state index is 11.8. The molecule has 0 radical (unpaired) electrons. The van der Waals surface area contributed by atoms with Crippen LogP contribution in [0.3, 0.4) is 0 Å². The van der Waals surface area contributed by atoms with Crippen molar-refractivity contribution in [2.45, 2.75) is 19.4 Å². The molecule has 96 valence electrons. The number of halogens is 1. The molecule has 1 unspecified atom stereocenters. The fourth-order valence-electron chi connectivity index (χ4n) is 2.11. The van der Waals surface area contributed by atoms with E-state index in [4.69, 9.17) is 0 Å². The van der Waals surface area contributed by atoms with Gasteiger partial charge in [-0.05, 0) is 37.1 Å². The number of amides is 1. The van der Waals surface area contributed by atoms with E-state index in [1.807, 2.05) is 6.07 Å². The third-order valence-electron chi connectivity index (χ3n) is 3.04. The van der Waals surface area contributed by atoms with Gasteiger partial charge in [-0.1, -0.05) is 15.9 Å². The van der Waals surface area contributed by atoms with Gasteiger partial charge in [0, 0.05) is 17.8 Å². The van der Waals surface area contributed by atoms with Crippen molar-refractivity contribution in [3.8, 4) is 0 Å². The highest BCUT2D eigenvalue weighted by Gasteiger charge is 2.27. The van der Waals surface area contributed by atoms with Crippen molar-refractivity contribution in [2.75, 3.05) is 16.8 Å². The van der Waals surface area contributed by atoms with Gasteiger partial charge < -0.3 is 10.0 Å². The summed E-state index contributed by atoms with van der Waals surface area (Å²) in [4.78, 5) is 24.9. The lowest BCUT2D eigenvalue weighted by atomic mass is 10.1. The van der Waals surface area contributed by atoms with E-state index in [1.165, 1.54) is 6.92 Å². The van der Waals surface area contributed by atoms with Gasteiger partial charge in [0.05, 0.1) is 5.33 Å². The number of hydrogen-bond acceptors (Lipinski definition) is 3. The number of Topliss-reactive ketones (excluding diaryl/α,β-unsaturated/α-hetero) is 1. The number of alkyl halides is 1. The lowest BCUT2D eigenvalue weighted by molar-refractivity contribution is -0.125. The first-order chi connectivity index (χ1) is 8.54. The number of ketones is 1. The highest BCUT2D eigenvalue weighted by molar-refractivity contribution is 9.09. The van der Waals surface area contributed by atoms with Crippen LogP contribution in [0.15, 0.2) is 18.2 Å². The van der Waals surface area contributed by atoms with Crippen LogP contribution in [-0.4, -0.2) is 34.8 Å². The largest absolute Gasteiger partial charge is 0.384 e. The molecular weight excluding hydrogens is 298 g/mol. The summed E-state index contributed by atoms with van der Waals surface area (Å²) in [6.07, 6.45) is -0.281. The molecule has 1 atom stereocenters. The smallest absolute Gasteiger partial charge is 0.255 e. The first-order valence-electron chi connectivity index (χ1n) is 5.76. The van der Waals surface area contributed by atoms with E-state index in [1.54, 1.807) is 17.0 Å². The molecule has 2 rings (SSSR count). The number of rotatable bonds is 3. The van der Waals surface area contributed by atoms with Crippen molar-refractivity contribution in [3.05, 3.63) is 29.3 Å². The minimum Gasteiger partial charge on any atom is -0.384 e. The average Bonchev–Trinajstić information content (AvgIpc) is 2.79. The molecule has 18 heavy (non-hydrogen) atoms. The van der Waals surface area contributed by atoms with Crippen LogP contribution in [0.4, 0.5) is 5.69 Å². The molecule has 1 aliphatic rings. The second kappa shape index (κ2) is 5.20. The number of hydrogen-bond donors (Lipinski definition) is 1. The standard InChI is InChI=1S/C13H14BrNO3/c1-8(16)13(18)15-5-4-9-6-10(12(17)7-14)2-3-11(9)15/h2-3,6,8,16H,4-5,7H2,1H3. The minimum absolute atomic E-state index is 0.0260. The number of aliphatic hydroxyl groups excluding tert-OH is 1. The Labute approximate surface area is 114 Å². The van der Waals surface area contributed by atoms with Gasteiger partial charge in [-0.25, -0.2) is 0 Å². The summed E-state index contributed by atoms with van der Waals surface area (Å²) in [5, 5.41) is 9.63. The van der Waals surface area contributed by atoms with E-state index in [0.717, 1.165) is 17.7 Å². The molecule has 1 amide bonds. The van der Waals surface area contributed by atoms with Crippen LogP contribution in [0.1, 0.15) is 22.8 Å². The summed E-state index contributed by atoms with van der Waals surface area (Å²) in [5.41, 5.74) is 2.43. The molecule has 0 bridgehead atoms. The molecule has 0 saturated carbocycles. The normalized spacial score (nSPS) is 15.4. The molecule has 0 aliphatic carbocycles. The van der Waals surface area contributed by atoms with Crippen LogP contribution in [0, 0.1) is 0 Å². The van der Waals surface area contributed by atoms with Crippen LogP contribution >= 0.6 is 15.9 Å². The summed E-state index contributed by atoms with van der Waals surface area (Å²) in [6, 6.07) is 5.32. The van der Waals surface area contributed by atoms with Crippen molar-refractivity contribution >= 4 is 33.3 Å². The summed E-state index contributed by atoms with van der Waals surface area (Å²) in [5.74, 6) is -0.272. The van der Waals surface area contributed by atoms with Gasteiger partial charge >= 0.3 is 0 Å². The number of benzene rings is 1. The number of nitrogens with zero attached hydrogens (tertiary/aromatic N) is 1. The highest BCUT2D eigenvalue weighted by Crippen LogP contribution is 2.29. The van der Waals surface area contributed by atoms with E-state index in [2.05, 4.69) is 15.9 Å². The van der Waals surface area contributed by atoms with Gasteiger partial charge in [0.15, 0.2) is 5.78 Å². The predicted molar refractivity (Wildman–Crippen MR) is 72.3 cm³/mol. The molecule has 1 aliphatic heterocycles. The number of carbonyl (C=O) groups excluding carboxylic acids is 2. The third kappa shape index (κ3) is 2.33. The highest BCUT2D eigenvalue weighted by atomic mass is 79.9. The fourth-order valence-corrected chi connectivity index (χ4v) is 2.43. The molecule has 1 N–H and O–H groups in total. The van der Waals surface area contributed by atoms with Gasteiger partial charge in [-0.3, -0.25) is 9.59 Å². The quantitative estimate of drug-likeness (QED) is 0.680. The molecule has 0 fully saturated rings. The van der Waals surface area contributed by atoms with Crippen molar-refractivity contribution in [1.29, 1.82) is 0 Å². The Morgan fingerprint density at radius 1 is 1.50 bits per heavy atom. The van der Waals surface area contributed by atoms with E-state index >= 15 is 0 Å².